The van der Waals surface area contributed by atoms with E-state index in [0.29, 0.717) is 0 Å². The summed E-state index contributed by atoms with van der Waals surface area (Å²) in [7, 11) is 0. The number of hydrogen-bond acceptors (Lipinski definition) is 1. The average molecular weight is 197 g/mol. The zero-order valence-corrected chi connectivity index (χ0v) is 10.3. The van der Waals surface area contributed by atoms with E-state index in [4.69, 9.17) is 0 Å². The van der Waals surface area contributed by atoms with Crippen LogP contribution < -0.4 is 0 Å². The molecule has 1 aliphatic heterocycles. The second kappa shape index (κ2) is 6.44. The summed E-state index contributed by atoms with van der Waals surface area (Å²) in [5.74, 6) is 1.88. The van der Waals surface area contributed by atoms with Gasteiger partial charge in [0.15, 0.2) is 0 Å². The van der Waals surface area contributed by atoms with Crippen molar-refractivity contribution in [3.63, 3.8) is 0 Å². The van der Waals surface area contributed by atoms with Gasteiger partial charge in [0.2, 0.25) is 0 Å². The first kappa shape index (κ1) is 12.0. The fourth-order valence-corrected chi connectivity index (χ4v) is 2.56. The second-order valence-corrected chi connectivity index (χ2v) is 5.29. The first-order valence-electron chi connectivity index (χ1n) is 6.44. The van der Waals surface area contributed by atoms with Gasteiger partial charge in [0.05, 0.1) is 0 Å². The minimum Gasteiger partial charge on any atom is -0.303 e. The molecular weight excluding hydrogens is 170 g/mol. The molecule has 1 aliphatic rings. The van der Waals surface area contributed by atoms with Gasteiger partial charge in [-0.2, -0.15) is 0 Å². The fraction of sp³-hybridized carbons (Fsp3) is 1.00. The Morgan fingerprint density at radius 2 is 2.07 bits per heavy atom. The topological polar surface area (TPSA) is 3.24 Å². The molecule has 14 heavy (non-hydrogen) atoms. The smallest absolute Gasteiger partial charge is 0.00102 e. The zero-order valence-electron chi connectivity index (χ0n) is 10.3. The van der Waals surface area contributed by atoms with Gasteiger partial charge in [0.25, 0.3) is 0 Å². The van der Waals surface area contributed by atoms with E-state index in [2.05, 4.69) is 25.7 Å². The molecule has 1 heterocycles. The minimum atomic E-state index is 0.885. The quantitative estimate of drug-likeness (QED) is 0.589. The predicted molar refractivity (Wildman–Crippen MR) is 63.5 cm³/mol. The number of nitrogens with zero attached hydrogens (tertiary/aromatic N) is 1. The maximum atomic E-state index is 2.67. The molecule has 1 saturated heterocycles. The summed E-state index contributed by atoms with van der Waals surface area (Å²) in [4.78, 5) is 2.67. The second-order valence-electron chi connectivity index (χ2n) is 5.29. The fourth-order valence-electron chi connectivity index (χ4n) is 2.56. The molecule has 0 N–H and O–H groups in total. The maximum absolute atomic E-state index is 2.67. The summed E-state index contributed by atoms with van der Waals surface area (Å²) in [6, 6.07) is 0. The van der Waals surface area contributed by atoms with Gasteiger partial charge in [0, 0.05) is 6.54 Å². The molecule has 1 nitrogen and oxygen atoms in total. The van der Waals surface area contributed by atoms with Crippen molar-refractivity contribution in [2.75, 3.05) is 19.6 Å². The molecule has 1 rings (SSSR count). The van der Waals surface area contributed by atoms with Gasteiger partial charge in [-0.05, 0) is 44.2 Å². The highest BCUT2D eigenvalue weighted by atomic mass is 15.1. The van der Waals surface area contributed by atoms with Crippen molar-refractivity contribution < 1.29 is 0 Å². The van der Waals surface area contributed by atoms with Gasteiger partial charge in [-0.3, -0.25) is 0 Å². The Bertz CT molecular complexity index is 142. The summed E-state index contributed by atoms with van der Waals surface area (Å²) in [6.45, 7) is 11.1. The van der Waals surface area contributed by atoms with Gasteiger partial charge in [-0.25, -0.2) is 0 Å². The highest BCUT2D eigenvalue weighted by molar-refractivity contribution is 4.76. The van der Waals surface area contributed by atoms with Crippen molar-refractivity contribution in [1.82, 2.24) is 4.90 Å². The maximum Gasteiger partial charge on any atom is 0.00102 e. The third-order valence-corrected chi connectivity index (χ3v) is 3.25. The van der Waals surface area contributed by atoms with E-state index in [0.717, 1.165) is 11.8 Å². The van der Waals surface area contributed by atoms with Crippen molar-refractivity contribution in [1.29, 1.82) is 0 Å². The van der Waals surface area contributed by atoms with E-state index in [-0.39, 0.29) is 0 Å². The Balaban J connectivity index is 2.08. The number of hydrogen-bond donors (Lipinski definition) is 0. The van der Waals surface area contributed by atoms with Crippen molar-refractivity contribution in [2.45, 2.75) is 52.9 Å². The molecule has 0 bridgehead atoms. The van der Waals surface area contributed by atoms with Gasteiger partial charge in [-0.1, -0.05) is 33.6 Å². The lowest BCUT2D eigenvalue weighted by Gasteiger charge is -2.16. The van der Waals surface area contributed by atoms with E-state index in [1.807, 2.05) is 0 Å². The largest absolute Gasteiger partial charge is 0.303 e. The van der Waals surface area contributed by atoms with Crippen molar-refractivity contribution in [3.8, 4) is 0 Å². The summed E-state index contributed by atoms with van der Waals surface area (Å²) in [5.41, 5.74) is 0. The first-order chi connectivity index (χ1) is 6.72. The summed E-state index contributed by atoms with van der Waals surface area (Å²) in [5, 5.41) is 0. The molecule has 1 fully saturated rings. The molecule has 0 amide bonds. The van der Waals surface area contributed by atoms with Crippen LogP contribution >= 0.6 is 0 Å². The third kappa shape index (κ3) is 4.45. The van der Waals surface area contributed by atoms with Crippen LogP contribution in [0.25, 0.3) is 0 Å². The van der Waals surface area contributed by atoms with Crippen LogP contribution in [0, 0.1) is 11.8 Å². The highest BCUT2D eigenvalue weighted by Crippen LogP contribution is 2.23. The van der Waals surface area contributed by atoms with Crippen LogP contribution in [0.4, 0.5) is 0 Å². The lowest BCUT2D eigenvalue weighted by atomic mass is 9.97. The summed E-state index contributed by atoms with van der Waals surface area (Å²) < 4.78 is 0. The van der Waals surface area contributed by atoms with Crippen LogP contribution in [0.15, 0.2) is 0 Å². The molecule has 0 aliphatic carbocycles. The predicted octanol–water partition coefficient (Wildman–Crippen LogP) is 3.54. The standard InChI is InChI=1S/C13H27N/c1-4-5-6-8-14-9-7-13(11-14)10-12(2)3/h12-13H,4-11H2,1-3H3. The number of rotatable bonds is 6. The Hall–Kier alpha value is -0.0400. The molecule has 0 aromatic heterocycles. The van der Waals surface area contributed by atoms with Crippen molar-refractivity contribution in [2.24, 2.45) is 11.8 Å². The highest BCUT2D eigenvalue weighted by Gasteiger charge is 2.22. The third-order valence-electron chi connectivity index (χ3n) is 3.25. The van der Waals surface area contributed by atoms with Gasteiger partial charge in [0.1, 0.15) is 0 Å². The zero-order chi connectivity index (χ0) is 10.4. The van der Waals surface area contributed by atoms with Crippen LogP contribution in [0.2, 0.25) is 0 Å². The summed E-state index contributed by atoms with van der Waals surface area (Å²) >= 11 is 0. The van der Waals surface area contributed by atoms with E-state index < -0.39 is 0 Å². The van der Waals surface area contributed by atoms with Gasteiger partial charge >= 0.3 is 0 Å². The normalized spacial score (nSPS) is 23.6. The van der Waals surface area contributed by atoms with Crippen LogP contribution in [-0.2, 0) is 0 Å². The SMILES string of the molecule is CCCCCN1CCC(CC(C)C)C1. The van der Waals surface area contributed by atoms with E-state index in [9.17, 15) is 0 Å². The molecular formula is C13H27N. The Morgan fingerprint density at radius 3 is 2.71 bits per heavy atom. The molecule has 84 valence electrons. The minimum absolute atomic E-state index is 0.885. The molecule has 0 aromatic carbocycles. The lowest BCUT2D eigenvalue weighted by Crippen LogP contribution is -2.22. The van der Waals surface area contributed by atoms with E-state index >= 15 is 0 Å². The van der Waals surface area contributed by atoms with Crippen LogP contribution in [0.1, 0.15) is 52.9 Å². The van der Waals surface area contributed by atoms with Crippen LogP contribution in [0.3, 0.4) is 0 Å². The van der Waals surface area contributed by atoms with Crippen LogP contribution in [0.5, 0.6) is 0 Å². The molecule has 0 aromatic rings. The van der Waals surface area contributed by atoms with Crippen LogP contribution in [-0.4, -0.2) is 24.5 Å². The number of unbranched alkanes of at least 4 members (excludes halogenated alkanes) is 2. The lowest BCUT2D eigenvalue weighted by molar-refractivity contribution is 0.305. The van der Waals surface area contributed by atoms with Crippen molar-refractivity contribution >= 4 is 0 Å². The Labute approximate surface area is 89.9 Å². The summed E-state index contributed by atoms with van der Waals surface area (Å²) in [6.07, 6.45) is 7.05. The van der Waals surface area contributed by atoms with Crippen molar-refractivity contribution in [3.05, 3.63) is 0 Å². The molecule has 1 heteroatoms. The van der Waals surface area contributed by atoms with Gasteiger partial charge in [-0.15, -0.1) is 0 Å². The van der Waals surface area contributed by atoms with Gasteiger partial charge < -0.3 is 4.90 Å². The first-order valence-corrected chi connectivity index (χ1v) is 6.44. The Kier molecular flexibility index (Phi) is 5.54. The monoisotopic (exact) mass is 197 g/mol. The Morgan fingerprint density at radius 1 is 1.29 bits per heavy atom. The van der Waals surface area contributed by atoms with E-state index in [1.54, 1.807) is 0 Å². The molecule has 0 spiro atoms. The average Bonchev–Trinajstić information content (AvgIpc) is 2.52. The van der Waals surface area contributed by atoms with E-state index in [1.165, 1.54) is 51.7 Å². The molecule has 0 saturated carbocycles. The molecule has 0 radical (unpaired) electrons. The molecule has 1 unspecified atom stereocenters. The molecule has 1 atom stereocenters. The number of likely N-dealkylation sites (tertiary alicyclic amines) is 1.